The van der Waals surface area contributed by atoms with Gasteiger partial charge < -0.3 is 4.74 Å². The molecular formula is C6H4F2N2O2. The second-order valence-electron chi connectivity index (χ2n) is 1.78. The lowest BCUT2D eigenvalue weighted by molar-refractivity contribution is -0.0531. The number of aromatic nitrogens is 2. The van der Waals surface area contributed by atoms with Crippen molar-refractivity contribution in [1.82, 2.24) is 9.97 Å². The highest BCUT2D eigenvalue weighted by molar-refractivity contribution is 5.70. The molecule has 0 amide bonds. The van der Waals surface area contributed by atoms with Crippen molar-refractivity contribution < 1.29 is 18.3 Å². The van der Waals surface area contributed by atoms with E-state index in [-0.39, 0.29) is 11.6 Å². The highest BCUT2D eigenvalue weighted by Crippen LogP contribution is 2.06. The Morgan fingerprint density at radius 2 is 2.17 bits per heavy atom. The molecule has 0 saturated carbocycles. The fourth-order valence-electron chi connectivity index (χ4n) is 0.539. The van der Waals surface area contributed by atoms with Crippen LogP contribution < -0.4 is 4.74 Å². The monoisotopic (exact) mass is 174 g/mol. The van der Waals surface area contributed by atoms with E-state index < -0.39 is 6.61 Å². The lowest BCUT2D eigenvalue weighted by Crippen LogP contribution is -2.04. The number of hydrogen-bond acceptors (Lipinski definition) is 4. The van der Waals surface area contributed by atoms with Crippen molar-refractivity contribution in [3.05, 3.63) is 18.1 Å². The summed E-state index contributed by atoms with van der Waals surface area (Å²) in [7, 11) is 0. The van der Waals surface area contributed by atoms with Gasteiger partial charge in [0.2, 0.25) is 5.88 Å². The number of rotatable bonds is 3. The molecule has 0 saturated heterocycles. The Labute approximate surface area is 66.2 Å². The molecular weight excluding hydrogens is 170 g/mol. The summed E-state index contributed by atoms with van der Waals surface area (Å²) in [6, 6.07) is 0. The van der Waals surface area contributed by atoms with Crippen molar-refractivity contribution in [3.63, 3.8) is 0 Å². The maximum Gasteiger partial charge on any atom is 0.388 e. The summed E-state index contributed by atoms with van der Waals surface area (Å²) in [5.74, 6) is -0.310. The third-order valence-electron chi connectivity index (χ3n) is 0.979. The fourth-order valence-corrected chi connectivity index (χ4v) is 0.539. The summed E-state index contributed by atoms with van der Waals surface area (Å²) in [4.78, 5) is 16.9. The molecule has 0 N–H and O–H groups in total. The summed E-state index contributed by atoms with van der Waals surface area (Å²) in [5, 5.41) is 0. The van der Waals surface area contributed by atoms with Crippen molar-refractivity contribution in [1.29, 1.82) is 0 Å². The van der Waals surface area contributed by atoms with Crippen molar-refractivity contribution in [2.75, 3.05) is 0 Å². The average Bonchev–Trinajstić information content (AvgIpc) is 2.05. The van der Waals surface area contributed by atoms with Gasteiger partial charge in [-0.3, -0.25) is 4.79 Å². The Morgan fingerprint density at radius 1 is 1.42 bits per heavy atom. The smallest absolute Gasteiger partial charge is 0.388 e. The standard InChI is InChI=1S/C6H4F2N2O2/c7-6(8)12-5-2-9-4(3-11)1-10-5/h1-3,6H. The third kappa shape index (κ3) is 2.22. The van der Waals surface area contributed by atoms with Gasteiger partial charge in [-0.15, -0.1) is 0 Å². The van der Waals surface area contributed by atoms with Crippen LogP contribution >= 0.6 is 0 Å². The van der Waals surface area contributed by atoms with Gasteiger partial charge in [-0.2, -0.15) is 8.78 Å². The molecule has 1 aromatic rings. The quantitative estimate of drug-likeness (QED) is 0.638. The molecule has 0 aromatic carbocycles. The molecule has 1 heterocycles. The average molecular weight is 174 g/mol. The van der Waals surface area contributed by atoms with Crippen LogP contribution in [0.5, 0.6) is 5.88 Å². The van der Waals surface area contributed by atoms with Crippen LogP contribution in [0.1, 0.15) is 10.5 Å². The van der Waals surface area contributed by atoms with E-state index in [1.54, 1.807) is 0 Å². The molecule has 0 aliphatic rings. The van der Waals surface area contributed by atoms with Crippen molar-refractivity contribution in [3.8, 4) is 5.88 Å². The number of ether oxygens (including phenoxy) is 1. The minimum atomic E-state index is -2.93. The number of hydrogen-bond donors (Lipinski definition) is 0. The Bertz CT molecular complexity index is 263. The number of aldehydes is 1. The van der Waals surface area contributed by atoms with Crippen LogP contribution in [0.4, 0.5) is 8.78 Å². The molecule has 0 bridgehead atoms. The minimum Gasteiger partial charge on any atom is -0.415 e. The zero-order valence-electron chi connectivity index (χ0n) is 5.78. The molecule has 1 aromatic heterocycles. The van der Waals surface area contributed by atoms with Crippen LogP contribution in [-0.2, 0) is 0 Å². The molecule has 0 radical (unpaired) electrons. The van der Waals surface area contributed by atoms with E-state index >= 15 is 0 Å². The normalized spacial score (nSPS) is 9.92. The highest BCUT2D eigenvalue weighted by atomic mass is 19.3. The van der Waals surface area contributed by atoms with E-state index in [9.17, 15) is 13.6 Å². The van der Waals surface area contributed by atoms with Crippen molar-refractivity contribution in [2.45, 2.75) is 6.61 Å². The molecule has 0 fully saturated rings. The van der Waals surface area contributed by atoms with Crippen LogP contribution in [0, 0.1) is 0 Å². The first-order valence-corrected chi connectivity index (χ1v) is 2.94. The Balaban J connectivity index is 2.71. The lowest BCUT2D eigenvalue weighted by atomic mass is 10.5. The van der Waals surface area contributed by atoms with Gasteiger partial charge >= 0.3 is 6.61 Å². The maximum atomic E-state index is 11.5. The van der Waals surface area contributed by atoms with Crippen molar-refractivity contribution in [2.24, 2.45) is 0 Å². The predicted octanol–water partition coefficient (Wildman–Crippen LogP) is 0.891. The SMILES string of the molecule is O=Cc1cnc(OC(F)F)cn1. The number of alkyl halides is 2. The maximum absolute atomic E-state index is 11.5. The topological polar surface area (TPSA) is 52.1 Å². The molecule has 6 heteroatoms. The van der Waals surface area contributed by atoms with E-state index in [4.69, 9.17) is 0 Å². The summed E-state index contributed by atoms with van der Waals surface area (Å²) in [6.45, 7) is -2.93. The van der Waals surface area contributed by atoms with Gasteiger partial charge in [-0.1, -0.05) is 0 Å². The predicted molar refractivity (Wildman–Crippen MR) is 34.1 cm³/mol. The van der Waals surface area contributed by atoms with Crippen LogP contribution in [-0.4, -0.2) is 22.9 Å². The third-order valence-corrected chi connectivity index (χ3v) is 0.979. The Hall–Kier alpha value is -1.59. The summed E-state index contributed by atoms with van der Waals surface area (Å²) in [5.41, 5.74) is 0.0663. The number of carbonyl (C=O) groups excluding carboxylic acids is 1. The molecule has 0 aliphatic heterocycles. The molecule has 1 rings (SSSR count). The van der Waals surface area contributed by atoms with Gasteiger partial charge in [0.05, 0.1) is 12.4 Å². The molecule has 0 spiro atoms. The molecule has 64 valence electrons. The molecule has 0 atom stereocenters. The van der Waals surface area contributed by atoms with Gasteiger partial charge in [-0.05, 0) is 0 Å². The van der Waals surface area contributed by atoms with Gasteiger partial charge in [0, 0.05) is 0 Å². The van der Waals surface area contributed by atoms with Crippen molar-refractivity contribution >= 4 is 6.29 Å². The van der Waals surface area contributed by atoms with Gasteiger partial charge in [0.25, 0.3) is 0 Å². The second-order valence-corrected chi connectivity index (χ2v) is 1.78. The summed E-state index contributed by atoms with van der Waals surface area (Å²) in [6.07, 6.45) is 2.46. The first kappa shape index (κ1) is 8.51. The Morgan fingerprint density at radius 3 is 2.58 bits per heavy atom. The minimum absolute atomic E-state index is 0.0663. The van der Waals surface area contributed by atoms with E-state index in [1.807, 2.05) is 0 Å². The molecule has 4 nitrogen and oxygen atoms in total. The van der Waals surface area contributed by atoms with Crippen LogP contribution in [0.2, 0.25) is 0 Å². The zero-order chi connectivity index (χ0) is 8.97. The Kier molecular flexibility index (Phi) is 2.62. The van der Waals surface area contributed by atoms with Crippen LogP contribution in [0.3, 0.4) is 0 Å². The summed E-state index contributed by atoms with van der Waals surface area (Å²) < 4.78 is 27.0. The largest absolute Gasteiger partial charge is 0.415 e. The number of halogens is 2. The van der Waals surface area contributed by atoms with Gasteiger partial charge in [-0.25, -0.2) is 9.97 Å². The number of nitrogens with zero attached hydrogens (tertiary/aromatic N) is 2. The van der Waals surface area contributed by atoms with Crippen LogP contribution in [0.25, 0.3) is 0 Å². The first-order chi connectivity index (χ1) is 5.72. The molecule has 12 heavy (non-hydrogen) atoms. The van der Waals surface area contributed by atoms with Gasteiger partial charge in [0.15, 0.2) is 6.29 Å². The van der Waals surface area contributed by atoms with E-state index in [2.05, 4.69) is 14.7 Å². The highest BCUT2D eigenvalue weighted by Gasteiger charge is 2.04. The summed E-state index contributed by atoms with van der Waals surface area (Å²) >= 11 is 0. The van der Waals surface area contributed by atoms with Crippen LogP contribution in [0.15, 0.2) is 12.4 Å². The molecule has 0 aliphatic carbocycles. The van der Waals surface area contributed by atoms with E-state index in [0.717, 1.165) is 12.4 Å². The van der Waals surface area contributed by atoms with Gasteiger partial charge in [0.1, 0.15) is 5.69 Å². The van der Waals surface area contributed by atoms with E-state index in [1.165, 1.54) is 0 Å². The zero-order valence-corrected chi connectivity index (χ0v) is 5.78. The fraction of sp³-hybridized carbons (Fsp3) is 0.167. The first-order valence-electron chi connectivity index (χ1n) is 2.94. The number of carbonyl (C=O) groups is 1. The second kappa shape index (κ2) is 3.70. The molecule has 0 unspecified atom stereocenters. The lowest BCUT2D eigenvalue weighted by Gasteiger charge is -2.00. The van der Waals surface area contributed by atoms with E-state index in [0.29, 0.717) is 6.29 Å².